The van der Waals surface area contributed by atoms with Crippen molar-refractivity contribution in [3.63, 3.8) is 0 Å². The molecule has 2 N–H and O–H groups in total. The third kappa shape index (κ3) is 6.64. The number of anilines is 1. The molecule has 25 heavy (non-hydrogen) atoms. The summed E-state index contributed by atoms with van der Waals surface area (Å²) in [5.41, 5.74) is 1.45. The molecule has 1 fully saturated rings. The third-order valence-electron chi connectivity index (χ3n) is 5.04. The van der Waals surface area contributed by atoms with Crippen LogP contribution in [0.5, 0.6) is 0 Å². The lowest BCUT2D eigenvalue weighted by atomic mass is 9.83. The molecular formula is C19H34IN5. The van der Waals surface area contributed by atoms with Crippen molar-refractivity contribution < 1.29 is 0 Å². The predicted octanol–water partition coefficient (Wildman–Crippen LogP) is 3.79. The van der Waals surface area contributed by atoms with E-state index < -0.39 is 0 Å². The Morgan fingerprint density at radius 3 is 2.52 bits per heavy atom. The average Bonchev–Trinajstić information content (AvgIpc) is 3.07. The van der Waals surface area contributed by atoms with Crippen molar-refractivity contribution in [2.24, 2.45) is 10.4 Å². The van der Waals surface area contributed by atoms with Gasteiger partial charge in [-0.1, -0.05) is 25.8 Å². The van der Waals surface area contributed by atoms with Crippen molar-refractivity contribution in [2.45, 2.75) is 52.5 Å². The van der Waals surface area contributed by atoms with E-state index in [9.17, 15) is 0 Å². The number of hydrogen-bond acceptors (Lipinski definition) is 3. The number of halogens is 1. The van der Waals surface area contributed by atoms with Gasteiger partial charge in [-0.2, -0.15) is 0 Å². The molecular weight excluding hydrogens is 425 g/mol. The standard InChI is InChI=1S/C19H33N5.HI/c1-5-19(12-7-8-13-19)15-22-18(20-6-2)21-14-16-10-9-11-17(23-16)24(3)4;/h9-11H,5-8,12-15H2,1-4H3,(H2,20,21,22);1H. The Labute approximate surface area is 170 Å². The number of hydrogen-bond donors (Lipinski definition) is 2. The SMILES string of the molecule is CCNC(=NCc1cccc(N(C)C)n1)NCC1(CC)CCCC1.I. The van der Waals surface area contributed by atoms with Gasteiger partial charge >= 0.3 is 0 Å². The minimum atomic E-state index is 0. The Morgan fingerprint density at radius 2 is 1.92 bits per heavy atom. The van der Waals surface area contributed by atoms with Gasteiger partial charge in [0.05, 0.1) is 12.2 Å². The van der Waals surface area contributed by atoms with E-state index in [2.05, 4.69) is 29.5 Å². The minimum Gasteiger partial charge on any atom is -0.363 e. The van der Waals surface area contributed by atoms with Crippen molar-refractivity contribution in [1.29, 1.82) is 0 Å². The molecule has 1 saturated carbocycles. The smallest absolute Gasteiger partial charge is 0.191 e. The van der Waals surface area contributed by atoms with Crippen LogP contribution in [0.4, 0.5) is 5.82 Å². The quantitative estimate of drug-likeness (QED) is 0.370. The van der Waals surface area contributed by atoms with Crippen LogP contribution >= 0.6 is 24.0 Å². The molecule has 0 amide bonds. The zero-order valence-electron chi connectivity index (χ0n) is 16.1. The summed E-state index contributed by atoms with van der Waals surface area (Å²) in [7, 11) is 4.01. The average molecular weight is 459 g/mol. The number of rotatable bonds is 7. The zero-order valence-corrected chi connectivity index (χ0v) is 18.5. The number of aliphatic imine (C=N–C) groups is 1. The molecule has 142 valence electrons. The van der Waals surface area contributed by atoms with Gasteiger partial charge in [-0.25, -0.2) is 9.98 Å². The molecule has 5 nitrogen and oxygen atoms in total. The Kier molecular flexibility index (Phi) is 9.53. The zero-order chi connectivity index (χ0) is 17.4. The molecule has 6 heteroatoms. The van der Waals surface area contributed by atoms with Crippen molar-refractivity contribution >= 4 is 35.8 Å². The molecule has 0 unspecified atom stereocenters. The second-order valence-electron chi connectivity index (χ2n) is 6.99. The molecule has 0 radical (unpaired) electrons. The fourth-order valence-electron chi connectivity index (χ4n) is 3.36. The topological polar surface area (TPSA) is 52.6 Å². The summed E-state index contributed by atoms with van der Waals surface area (Å²) in [6.07, 6.45) is 6.64. The highest BCUT2D eigenvalue weighted by Gasteiger charge is 2.31. The first kappa shape index (κ1) is 22.0. The lowest BCUT2D eigenvalue weighted by molar-refractivity contribution is 0.283. The summed E-state index contributed by atoms with van der Waals surface area (Å²) in [5, 5.41) is 6.92. The van der Waals surface area contributed by atoms with E-state index in [0.29, 0.717) is 12.0 Å². The van der Waals surface area contributed by atoms with Gasteiger partial charge < -0.3 is 15.5 Å². The number of pyridine rings is 1. The van der Waals surface area contributed by atoms with Gasteiger partial charge in [0, 0.05) is 27.2 Å². The molecule has 0 atom stereocenters. The van der Waals surface area contributed by atoms with Crippen LogP contribution in [0.1, 0.15) is 51.6 Å². The van der Waals surface area contributed by atoms with Crippen LogP contribution in [-0.4, -0.2) is 38.1 Å². The van der Waals surface area contributed by atoms with Gasteiger partial charge in [-0.05, 0) is 43.7 Å². The summed E-state index contributed by atoms with van der Waals surface area (Å²) in [4.78, 5) is 11.4. The Morgan fingerprint density at radius 1 is 1.20 bits per heavy atom. The molecule has 2 rings (SSSR count). The molecule has 1 aliphatic rings. The molecule has 1 aliphatic carbocycles. The van der Waals surface area contributed by atoms with Gasteiger partial charge in [0.1, 0.15) is 5.82 Å². The van der Waals surface area contributed by atoms with Gasteiger partial charge in [0.15, 0.2) is 5.96 Å². The summed E-state index contributed by atoms with van der Waals surface area (Å²) < 4.78 is 0. The van der Waals surface area contributed by atoms with E-state index in [1.165, 1.54) is 32.1 Å². The lowest BCUT2D eigenvalue weighted by Gasteiger charge is -2.28. The maximum atomic E-state index is 4.72. The molecule has 0 aromatic carbocycles. The highest BCUT2D eigenvalue weighted by molar-refractivity contribution is 14.0. The first-order valence-electron chi connectivity index (χ1n) is 9.24. The maximum absolute atomic E-state index is 4.72. The minimum absolute atomic E-state index is 0. The number of aromatic nitrogens is 1. The lowest BCUT2D eigenvalue weighted by Crippen LogP contribution is -2.42. The number of nitrogens with zero attached hydrogens (tertiary/aromatic N) is 3. The van der Waals surface area contributed by atoms with Crippen LogP contribution in [0.15, 0.2) is 23.2 Å². The van der Waals surface area contributed by atoms with E-state index >= 15 is 0 Å². The van der Waals surface area contributed by atoms with Gasteiger partial charge in [-0.3, -0.25) is 0 Å². The Hall–Kier alpha value is -1.05. The molecule has 1 heterocycles. The molecule has 0 aliphatic heterocycles. The van der Waals surface area contributed by atoms with Crippen molar-refractivity contribution in [3.05, 3.63) is 23.9 Å². The van der Waals surface area contributed by atoms with E-state index in [0.717, 1.165) is 30.6 Å². The summed E-state index contributed by atoms with van der Waals surface area (Å²) in [6, 6.07) is 6.09. The second kappa shape index (κ2) is 10.8. The van der Waals surface area contributed by atoms with Crippen LogP contribution in [0, 0.1) is 5.41 Å². The first-order chi connectivity index (χ1) is 11.6. The fraction of sp³-hybridized carbons (Fsp3) is 0.684. The molecule has 0 spiro atoms. The van der Waals surface area contributed by atoms with E-state index in [1.54, 1.807) is 0 Å². The largest absolute Gasteiger partial charge is 0.363 e. The van der Waals surface area contributed by atoms with Crippen LogP contribution in [-0.2, 0) is 6.54 Å². The van der Waals surface area contributed by atoms with Crippen molar-refractivity contribution in [1.82, 2.24) is 15.6 Å². The number of guanidine groups is 1. The van der Waals surface area contributed by atoms with Gasteiger partial charge in [-0.15, -0.1) is 24.0 Å². The second-order valence-corrected chi connectivity index (χ2v) is 6.99. The van der Waals surface area contributed by atoms with Crippen LogP contribution < -0.4 is 15.5 Å². The van der Waals surface area contributed by atoms with Crippen molar-refractivity contribution in [2.75, 3.05) is 32.1 Å². The Balaban J connectivity index is 0.00000312. The first-order valence-corrected chi connectivity index (χ1v) is 9.24. The molecule has 1 aromatic rings. The molecule has 0 bridgehead atoms. The monoisotopic (exact) mass is 459 g/mol. The van der Waals surface area contributed by atoms with Crippen LogP contribution in [0.2, 0.25) is 0 Å². The molecule has 0 saturated heterocycles. The normalized spacial score (nSPS) is 16.2. The predicted molar refractivity (Wildman–Crippen MR) is 118 cm³/mol. The highest BCUT2D eigenvalue weighted by atomic mass is 127. The summed E-state index contributed by atoms with van der Waals surface area (Å²) in [5.74, 6) is 1.87. The highest BCUT2D eigenvalue weighted by Crippen LogP contribution is 2.40. The van der Waals surface area contributed by atoms with Crippen molar-refractivity contribution in [3.8, 4) is 0 Å². The fourth-order valence-corrected chi connectivity index (χ4v) is 3.36. The Bertz CT molecular complexity index is 538. The third-order valence-corrected chi connectivity index (χ3v) is 5.04. The van der Waals surface area contributed by atoms with E-state index in [-0.39, 0.29) is 24.0 Å². The number of nitrogens with one attached hydrogen (secondary N) is 2. The van der Waals surface area contributed by atoms with Gasteiger partial charge in [0.2, 0.25) is 0 Å². The maximum Gasteiger partial charge on any atom is 0.191 e. The van der Waals surface area contributed by atoms with Crippen LogP contribution in [0.3, 0.4) is 0 Å². The summed E-state index contributed by atoms with van der Waals surface area (Å²) in [6.45, 7) is 6.90. The van der Waals surface area contributed by atoms with E-state index in [4.69, 9.17) is 4.99 Å². The molecule has 1 aromatic heterocycles. The van der Waals surface area contributed by atoms with E-state index in [1.807, 2.05) is 37.2 Å². The van der Waals surface area contributed by atoms with Crippen LogP contribution in [0.25, 0.3) is 0 Å². The van der Waals surface area contributed by atoms with Gasteiger partial charge in [0.25, 0.3) is 0 Å². The summed E-state index contributed by atoms with van der Waals surface area (Å²) >= 11 is 0.